The predicted octanol–water partition coefficient (Wildman–Crippen LogP) is 3.29. The molecule has 0 saturated heterocycles. The van der Waals surface area contributed by atoms with Crippen LogP contribution in [0.2, 0.25) is 0 Å². The Morgan fingerprint density at radius 3 is 2.68 bits per heavy atom. The molecule has 1 aliphatic carbocycles. The van der Waals surface area contributed by atoms with Gasteiger partial charge in [-0.1, -0.05) is 27.2 Å². The highest BCUT2D eigenvalue weighted by Crippen LogP contribution is 2.39. The second-order valence-electron chi connectivity index (χ2n) is 7.49. The zero-order valence-electron chi connectivity index (χ0n) is 12.9. The van der Waals surface area contributed by atoms with Gasteiger partial charge in [0.2, 0.25) is 0 Å². The Balaban J connectivity index is 2.03. The van der Waals surface area contributed by atoms with Crippen molar-refractivity contribution >= 4 is 0 Å². The second-order valence-corrected chi connectivity index (χ2v) is 7.49. The average molecular weight is 263 g/mol. The van der Waals surface area contributed by atoms with Crippen LogP contribution in [0, 0.1) is 11.3 Å². The predicted molar refractivity (Wildman–Crippen MR) is 79.9 cm³/mol. The molecule has 2 unspecified atom stereocenters. The summed E-state index contributed by atoms with van der Waals surface area (Å²) in [6.45, 7) is 7.08. The van der Waals surface area contributed by atoms with Gasteiger partial charge in [0.15, 0.2) is 0 Å². The van der Waals surface area contributed by atoms with Gasteiger partial charge in [0, 0.05) is 31.4 Å². The molecule has 3 heteroatoms. The summed E-state index contributed by atoms with van der Waals surface area (Å²) in [4.78, 5) is 4.44. The first-order chi connectivity index (χ1) is 8.80. The number of nitrogens with zero attached hydrogens (tertiary/aromatic N) is 2. The van der Waals surface area contributed by atoms with Gasteiger partial charge in [-0.25, -0.2) is 4.98 Å². The molecule has 3 nitrogen and oxygen atoms in total. The fraction of sp³-hybridized carbons (Fsp3) is 0.812. The van der Waals surface area contributed by atoms with Gasteiger partial charge < -0.3 is 10.3 Å². The molecule has 0 spiro atoms. The Hall–Kier alpha value is -0.830. The van der Waals surface area contributed by atoms with Crippen LogP contribution < -0.4 is 5.73 Å². The van der Waals surface area contributed by atoms with Gasteiger partial charge in [0.1, 0.15) is 5.82 Å². The lowest BCUT2D eigenvalue weighted by Crippen LogP contribution is -2.42. The number of aromatic nitrogens is 2. The molecule has 0 aromatic carbocycles. The summed E-state index contributed by atoms with van der Waals surface area (Å²) in [6, 6.07) is 0. The van der Waals surface area contributed by atoms with Crippen molar-refractivity contribution in [1.29, 1.82) is 0 Å². The van der Waals surface area contributed by atoms with Gasteiger partial charge in [-0.15, -0.1) is 0 Å². The van der Waals surface area contributed by atoms with Crippen molar-refractivity contribution in [3.05, 3.63) is 18.2 Å². The van der Waals surface area contributed by atoms with E-state index in [4.69, 9.17) is 5.73 Å². The molecule has 2 N–H and O–H groups in total. The number of rotatable bonds is 2. The van der Waals surface area contributed by atoms with Crippen molar-refractivity contribution in [2.24, 2.45) is 24.1 Å². The van der Waals surface area contributed by atoms with Gasteiger partial charge in [-0.05, 0) is 37.0 Å². The van der Waals surface area contributed by atoms with E-state index in [2.05, 4.69) is 37.4 Å². The summed E-state index contributed by atoms with van der Waals surface area (Å²) >= 11 is 0. The van der Waals surface area contributed by atoms with Crippen LogP contribution in [-0.2, 0) is 13.5 Å². The molecule has 1 aromatic rings. The summed E-state index contributed by atoms with van der Waals surface area (Å²) in [5.74, 6) is 1.93. The first-order valence-corrected chi connectivity index (χ1v) is 7.55. The van der Waals surface area contributed by atoms with Gasteiger partial charge in [0.25, 0.3) is 0 Å². The van der Waals surface area contributed by atoms with Gasteiger partial charge in [0.05, 0.1) is 0 Å². The van der Waals surface area contributed by atoms with Crippen LogP contribution in [0.1, 0.15) is 58.7 Å². The zero-order valence-corrected chi connectivity index (χ0v) is 12.9. The van der Waals surface area contributed by atoms with Crippen LogP contribution in [0.25, 0.3) is 0 Å². The Bertz CT molecular complexity index is 416. The van der Waals surface area contributed by atoms with Crippen LogP contribution >= 0.6 is 0 Å². The smallest absolute Gasteiger partial charge is 0.110 e. The third-order valence-electron chi connectivity index (χ3n) is 4.87. The van der Waals surface area contributed by atoms with E-state index >= 15 is 0 Å². The molecule has 0 radical (unpaired) electrons. The Morgan fingerprint density at radius 1 is 1.37 bits per heavy atom. The maximum absolute atomic E-state index is 6.67. The molecule has 1 fully saturated rings. The van der Waals surface area contributed by atoms with Crippen molar-refractivity contribution in [2.45, 2.75) is 64.8 Å². The van der Waals surface area contributed by atoms with Crippen LogP contribution in [0.15, 0.2) is 12.4 Å². The molecule has 0 amide bonds. The molecule has 19 heavy (non-hydrogen) atoms. The van der Waals surface area contributed by atoms with Crippen LogP contribution in [0.3, 0.4) is 0 Å². The summed E-state index contributed by atoms with van der Waals surface area (Å²) in [6.07, 6.45) is 10.9. The average Bonchev–Trinajstić information content (AvgIpc) is 2.58. The van der Waals surface area contributed by atoms with Crippen LogP contribution in [-0.4, -0.2) is 15.1 Å². The maximum atomic E-state index is 6.67. The summed E-state index contributed by atoms with van der Waals surface area (Å²) in [7, 11) is 2.06. The van der Waals surface area contributed by atoms with Gasteiger partial charge in [-0.3, -0.25) is 0 Å². The van der Waals surface area contributed by atoms with Crippen molar-refractivity contribution in [1.82, 2.24) is 9.55 Å². The highest BCUT2D eigenvalue weighted by molar-refractivity contribution is 5.01. The van der Waals surface area contributed by atoms with Crippen molar-refractivity contribution in [2.75, 3.05) is 0 Å². The highest BCUT2D eigenvalue weighted by Gasteiger charge is 2.34. The zero-order chi connectivity index (χ0) is 14.1. The first-order valence-electron chi connectivity index (χ1n) is 7.55. The van der Waals surface area contributed by atoms with E-state index in [0.717, 1.165) is 31.0 Å². The van der Waals surface area contributed by atoms with E-state index in [1.165, 1.54) is 19.3 Å². The number of imidazole rings is 1. The quantitative estimate of drug-likeness (QED) is 0.832. The number of hydrogen-bond donors (Lipinski definition) is 1. The van der Waals surface area contributed by atoms with E-state index in [0.29, 0.717) is 5.41 Å². The highest BCUT2D eigenvalue weighted by atomic mass is 15.0. The lowest BCUT2D eigenvalue weighted by Gasteiger charge is -2.31. The molecular weight excluding hydrogens is 234 g/mol. The Labute approximate surface area is 117 Å². The fourth-order valence-electron chi connectivity index (χ4n) is 3.36. The largest absolute Gasteiger partial charge is 0.338 e. The Morgan fingerprint density at radius 2 is 2.11 bits per heavy atom. The molecule has 1 heterocycles. The number of hydrogen-bond acceptors (Lipinski definition) is 2. The van der Waals surface area contributed by atoms with E-state index in [1.807, 2.05) is 12.4 Å². The monoisotopic (exact) mass is 263 g/mol. The number of nitrogens with two attached hydrogens (primary N) is 1. The minimum atomic E-state index is -0.0564. The fourth-order valence-corrected chi connectivity index (χ4v) is 3.36. The lowest BCUT2D eigenvalue weighted by molar-refractivity contribution is 0.210. The van der Waals surface area contributed by atoms with E-state index < -0.39 is 0 Å². The molecule has 0 aliphatic heterocycles. The molecule has 108 valence electrons. The van der Waals surface area contributed by atoms with Crippen LogP contribution in [0.5, 0.6) is 0 Å². The molecule has 1 aromatic heterocycles. The number of aryl methyl sites for hydroxylation is 1. The van der Waals surface area contributed by atoms with E-state index in [9.17, 15) is 0 Å². The van der Waals surface area contributed by atoms with Crippen molar-refractivity contribution in [3.8, 4) is 0 Å². The minimum absolute atomic E-state index is 0.0564. The minimum Gasteiger partial charge on any atom is -0.338 e. The molecule has 1 aliphatic rings. The Kier molecular flexibility index (Phi) is 4.05. The van der Waals surface area contributed by atoms with Crippen molar-refractivity contribution in [3.63, 3.8) is 0 Å². The van der Waals surface area contributed by atoms with Crippen LogP contribution in [0.4, 0.5) is 0 Å². The summed E-state index contributed by atoms with van der Waals surface area (Å²) in [5, 5.41) is 0. The molecule has 0 bridgehead atoms. The molecular formula is C16H29N3. The normalized spacial score (nSPS) is 29.2. The molecule has 2 rings (SSSR count). The lowest BCUT2D eigenvalue weighted by atomic mass is 9.76. The molecule has 2 atom stereocenters. The third kappa shape index (κ3) is 3.59. The summed E-state index contributed by atoms with van der Waals surface area (Å²) < 4.78 is 2.10. The van der Waals surface area contributed by atoms with Gasteiger partial charge in [-0.2, -0.15) is 0 Å². The van der Waals surface area contributed by atoms with E-state index in [1.54, 1.807) is 0 Å². The topological polar surface area (TPSA) is 43.8 Å². The summed E-state index contributed by atoms with van der Waals surface area (Å²) in [5.41, 5.74) is 7.03. The SMILES string of the molecule is Cn1ccnc1CC1(N)CCCC(C(C)(C)C)CC1. The van der Waals surface area contributed by atoms with Gasteiger partial charge >= 0.3 is 0 Å². The third-order valence-corrected chi connectivity index (χ3v) is 4.87. The standard InChI is InChI=1S/C16H29N3/c1-15(2,3)13-6-5-8-16(17,9-7-13)12-14-18-10-11-19(14)4/h10-11,13H,5-9,12,17H2,1-4H3. The van der Waals surface area contributed by atoms with E-state index in [-0.39, 0.29) is 5.54 Å². The molecule has 1 saturated carbocycles. The second kappa shape index (κ2) is 5.28. The first kappa shape index (κ1) is 14.6. The maximum Gasteiger partial charge on any atom is 0.110 e. The van der Waals surface area contributed by atoms with Crippen molar-refractivity contribution < 1.29 is 0 Å².